The number of likely N-dealkylation sites (tertiary alicyclic amines) is 1. The molecule has 0 bridgehead atoms. The van der Waals surface area contributed by atoms with E-state index in [2.05, 4.69) is 18.9 Å². The minimum absolute atomic E-state index is 1.000. The molecule has 1 saturated heterocycles. The lowest BCUT2D eigenvalue weighted by atomic mass is 10.1. The van der Waals surface area contributed by atoms with Crippen LogP contribution in [0.25, 0.3) is 0 Å². The molecule has 1 unspecified atom stereocenters. The minimum atomic E-state index is 1.000. The molecule has 1 atom stereocenters. The molecule has 1 aliphatic rings. The van der Waals surface area contributed by atoms with Crippen LogP contribution in [0, 0.1) is 5.92 Å². The highest BCUT2D eigenvalue weighted by Gasteiger charge is 2.16. The first kappa shape index (κ1) is 14.2. The maximum absolute atomic E-state index is 8.00. The zero-order chi connectivity index (χ0) is 9.98. The first-order valence-corrected chi connectivity index (χ1v) is 4.80. The lowest BCUT2D eigenvalue weighted by Gasteiger charge is -2.05. The summed E-state index contributed by atoms with van der Waals surface area (Å²) in [6.07, 6.45) is 2.79. The van der Waals surface area contributed by atoms with Crippen LogP contribution in [0.3, 0.4) is 0 Å². The van der Waals surface area contributed by atoms with Crippen LogP contribution in [0.15, 0.2) is 0 Å². The Morgan fingerprint density at radius 3 is 2.08 bits per heavy atom. The summed E-state index contributed by atoms with van der Waals surface area (Å²) in [6.45, 7) is 10.9. The van der Waals surface area contributed by atoms with Gasteiger partial charge in [0, 0.05) is 6.54 Å². The highest BCUT2D eigenvalue weighted by atomic mass is 16.1. The van der Waals surface area contributed by atoms with E-state index in [0.717, 1.165) is 5.92 Å². The average Bonchev–Trinajstić information content (AvgIpc) is 2.58. The molecule has 74 valence electrons. The summed E-state index contributed by atoms with van der Waals surface area (Å²) in [5.41, 5.74) is 0. The molecule has 0 N–H and O–H groups in total. The van der Waals surface area contributed by atoms with Gasteiger partial charge >= 0.3 is 0 Å². The molecular formula is C10H23NO. The number of hydrogen-bond acceptors (Lipinski definition) is 2. The van der Waals surface area contributed by atoms with Gasteiger partial charge in [0.05, 0.1) is 0 Å². The fourth-order valence-electron chi connectivity index (χ4n) is 1.36. The van der Waals surface area contributed by atoms with Crippen molar-refractivity contribution in [1.29, 1.82) is 0 Å². The van der Waals surface area contributed by atoms with Crippen LogP contribution in [0.4, 0.5) is 0 Å². The van der Waals surface area contributed by atoms with E-state index in [0.29, 0.717) is 0 Å². The maximum atomic E-state index is 8.00. The van der Waals surface area contributed by atoms with Crippen LogP contribution in [0.2, 0.25) is 0 Å². The van der Waals surface area contributed by atoms with Crippen LogP contribution in [0.1, 0.15) is 33.6 Å². The van der Waals surface area contributed by atoms with E-state index >= 15 is 0 Å². The molecule has 1 rings (SSSR count). The Morgan fingerprint density at radius 2 is 1.92 bits per heavy atom. The van der Waals surface area contributed by atoms with Gasteiger partial charge < -0.3 is 9.69 Å². The Labute approximate surface area is 77.0 Å². The largest absolute Gasteiger partial charge is 0.307 e. The fraction of sp³-hybridized carbons (Fsp3) is 0.900. The lowest BCUT2D eigenvalue weighted by Crippen LogP contribution is -2.13. The Morgan fingerprint density at radius 1 is 1.42 bits per heavy atom. The van der Waals surface area contributed by atoms with Gasteiger partial charge in [-0.15, -0.1) is 0 Å². The topological polar surface area (TPSA) is 20.3 Å². The van der Waals surface area contributed by atoms with E-state index in [1.165, 1.54) is 25.9 Å². The zero-order valence-corrected chi connectivity index (χ0v) is 8.97. The van der Waals surface area contributed by atoms with Crippen LogP contribution < -0.4 is 0 Å². The van der Waals surface area contributed by atoms with Gasteiger partial charge in [0.15, 0.2) is 0 Å². The number of nitrogens with zero attached hydrogens (tertiary/aromatic N) is 1. The predicted molar refractivity (Wildman–Crippen MR) is 54.4 cm³/mol. The summed E-state index contributed by atoms with van der Waals surface area (Å²) in [4.78, 5) is 10.4. The molecule has 1 aliphatic heterocycles. The third kappa shape index (κ3) is 6.35. The van der Waals surface area contributed by atoms with Gasteiger partial charge in [0.1, 0.15) is 6.79 Å². The summed E-state index contributed by atoms with van der Waals surface area (Å²) in [7, 11) is 2.20. The predicted octanol–water partition coefficient (Wildman–Crippen LogP) is 2.19. The molecule has 0 saturated carbocycles. The van der Waals surface area contributed by atoms with Gasteiger partial charge in [-0.2, -0.15) is 0 Å². The van der Waals surface area contributed by atoms with E-state index in [-0.39, 0.29) is 0 Å². The highest BCUT2D eigenvalue weighted by molar-refractivity contribution is 5.10. The van der Waals surface area contributed by atoms with Crippen LogP contribution in [-0.2, 0) is 4.79 Å². The lowest BCUT2D eigenvalue weighted by molar-refractivity contribution is -0.0979. The molecule has 0 radical (unpaired) electrons. The minimum Gasteiger partial charge on any atom is -0.307 e. The van der Waals surface area contributed by atoms with E-state index in [4.69, 9.17) is 4.79 Å². The summed E-state index contributed by atoms with van der Waals surface area (Å²) < 4.78 is 0. The molecule has 1 heterocycles. The Balaban J connectivity index is 0. The molecule has 0 aromatic rings. The maximum Gasteiger partial charge on any atom is 0.106 e. The Bertz CT molecular complexity index is 85.9. The van der Waals surface area contributed by atoms with E-state index in [1.807, 2.05) is 20.6 Å². The molecular weight excluding hydrogens is 150 g/mol. The highest BCUT2D eigenvalue weighted by Crippen LogP contribution is 2.16. The second kappa shape index (κ2) is 10.6. The number of rotatable bonds is 1. The smallest absolute Gasteiger partial charge is 0.106 e. The second-order valence-corrected chi connectivity index (χ2v) is 2.83. The van der Waals surface area contributed by atoms with Crippen molar-refractivity contribution in [3.63, 3.8) is 0 Å². The van der Waals surface area contributed by atoms with Crippen molar-refractivity contribution in [2.24, 2.45) is 5.92 Å². The standard InChI is InChI=1S/C7H15N.C2H6.CH2O/c1-3-7-4-5-8(2)6-7;2*1-2/h7H,3-6H2,1-2H3;1-2H3;1H2. The van der Waals surface area contributed by atoms with Crippen molar-refractivity contribution in [3.05, 3.63) is 0 Å². The van der Waals surface area contributed by atoms with Crippen molar-refractivity contribution in [1.82, 2.24) is 4.90 Å². The van der Waals surface area contributed by atoms with E-state index in [9.17, 15) is 0 Å². The van der Waals surface area contributed by atoms with Gasteiger partial charge in [0.25, 0.3) is 0 Å². The van der Waals surface area contributed by atoms with E-state index < -0.39 is 0 Å². The van der Waals surface area contributed by atoms with Crippen LogP contribution >= 0.6 is 0 Å². The van der Waals surface area contributed by atoms with Crippen molar-refractivity contribution in [2.75, 3.05) is 20.1 Å². The fourth-order valence-corrected chi connectivity index (χ4v) is 1.36. The summed E-state index contributed by atoms with van der Waals surface area (Å²) >= 11 is 0. The van der Waals surface area contributed by atoms with Crippen molar-refractivity contribution >= 4 is 6.79 Å². The molecule has 0 spiro atoms. The van der Waals surface area contributed by atoms with Crippen molar-refractivity contribution in [3.8, 4) is 0 Å². The van der Waals surface area contributed by atoms with E-state index in [1.54, 1.807) is 0 Å². The Hall–Kier alpha value is -0.370. The molecule has 2 heteroatoms. The Kier molecular flexibility index (Phi) is 12.6. The normalized spacial score (nSPS) is 21.8. The first-order valence-electron chi connectivity index (χ1n) is 4.80. The van der Waals surface area contributed by atoms with Crippen molar-refractivity contribution < 1.29 is 4.79 Å². The number of carbonyl (C=O) groups excluding carboxylic acids is 1. The second-order valence-electron chi connectivity index (χ2n) is 2.83. The molecule has 12 heavy (non-hydrogen) atoms. The van der Waals surface area contributed by atoms with Gasteiger partial charge in [-0.1, -0.05) is 27.2 Å². The number of hydrogen-bond donors (Lipinski definition) is 0. The molecule has 1 fully saturated rings. The average molecular weight is 173 g/mol. The summed E-state index contributed by atoms with van der Waals surface area (Å²) in [6, 6.07) is 0. The third-order valence-electron chi connectivity index (χ3n) is 2.07. The van der Waals surface area contributed by atoms with Gasteiger partial charge in [-0.3, -0.25) is 0 Å². The van der Waals surface area contributed by atoms with Crippen LogP contribution in [-0.4, -0.2) is 31.8 Å². The summed E-state index contributed by atoms with van der Waals surface area (Å²) in [5, 5.41) is 0. The quantitative estimate of drug-likeness (QED) is 0.606. The SMILES string of the molecule is C=O.CC.CCC1CCN(C)C1. The van der Waals surface area contributed by atoms with Gasteiger partial charge in [0.2, 0.25) is 0 Å². The zero-order valence-electron chi connectivity index (χ0n) is 8.97. The molecule has 0 aromatic carbocycles. The van der Waals surface area contributed by atoms with Crippen molar-refractivity contribution in [2.45, 2.75) is 33.6 Å². The molecule has 2 nitrogen and oxygen atoms in total. The molecule has 0 aromatic heterocycles. The first-order chi connectivity index (χ1) is 5.83. The number of carbonyl (C=O) groups is 1. The van der Waals surface area contributed by atoms with Crippen LogP contribution in [0.5, 0.6) is 0 Å². The van der Waals surface area contributed by atoms with Gasteiger partial charge in [-0.25, -0.2) is 0 Å². The molecule has 0 aliphatic carbocycles. The van der Waals surface area contributed by atoms with Gasteiger partial charge in [-0.05, 0) is 25.9 Å². The molecule has 0 amide bonds. The summed E-state index contributed by atoms with van der Waals surface area (Å²) in [5.74, 6) is 1.000. The third-order valence-corrected chi connectivity index (χ3v) is 2.07. The monoisotopic (exact) mass is 173 g/mol.